The maximum absolute atomic E-state index is 10.8. The molecule has 1 N–H and O–H groups in total. The molecule has 0 radical (unpaired) electrons. The largest absolute Gasteiger partial charge is 0.496 e. The highest BCUT2D eigenvalue weighted by Crippen LogP contribution is 2.30. The number of hydrogen-bond acceptors (Lipinski definition) is 3. The molecule has 1 aromatic heterocycles. The molecule has 0 spiro atoms. The first-order chi connectivity index (χ1) is 9.52. The molecule has 0 aliphatic carbocycles. The lowest BCUT2D eigenvalue weighted by molar-refractivity contribution is 0.0696. The summed E-state index contributed by atoms with van der Waals surface area (Å²) in [5, 5.41) is 8.87. The minimum Gasteiger partial charge on any atom is -0.496 e. The number of nitrogens with zero attached hydrogens (tertiary/aromatic N) is 1. The Morgan fingerprint density at radius 2 is 2.00 bits per heavy atom. The number of carboxylic acid groups (broad SMARTS) is 1. The van der Waals surface area contributed by atoms with Crippen LogP contribution in [-0.2, 0) is 0 Å². The number of methoxy groups -OCH3 is 1. The van der Waals surface area contributed by atoms with Crippen LogP contribution in [0.4, 0.5) is 0 Å². The molecular formula is C16H17NO3. The number of hydrogen-bond donors (Lipinski definition) is 1. The van der Waals surface area contributed by atoms with E-state index in [2.05, 4.69) is 18.8 Å². The Hall–Kier alpha value is -2.36. The van der Waals surface area contributed by atoms with E-state index in [0.717, 1.165) is 22.6 Å². The summed E-state index contributed by atoms with van der Waals surface area (Å²) in [7, 11) is 1.65. The van der Waals surface area contributed by atoms with Gasteiger partial charge in [0.2, 0.25) is 0 Å². The third-order valence-corrected chi connectivity index (χ3v) is 3.16. The van der Waals surface area contributed by atoms with Crippen LogP contribution in [0, 0.1) is 0 Å². The molecule has 4 heteroatoms. The van der Waals surface area contributed by atoms with Gasteiger partial charge in [-0.3, -0.25) is 4.98 Å². The highest BCUT2D eigenvalue weighted by atomic mass is 16.5. The molecule has 0 aliphatic heterocycles. The van der Waals surface area contributed by atoms with Gasteiger partial charge >= 0.3 is 5.97 Å². The predicted molar refractivity (Wildman–Crippen MR) is 77.3 cm³/mol. The highest BCUT2D eigenvalue weighted by Gasteiger charge is 2.10. The predicted octanol–water partition coefficient (Wildman–Crippen LogP) is 3.58. The highest BCUT2D eigenvalue weighted by molar-refractivity contribution is 5.87. The van der Waals surface area contributed by atoms with Crippen LogP contribution in [0.1, 0.15) is 35.7 Å². The Bertz CT molecular complexity index is 618. The monoisotopic (exact) mass is 271 g/mol. The van der Waals surface area contributed by atoms with E-state index in [0.29, 0.717) is 5.92 Å². The molecule has 0 bridgehead atoms. The van der Waals surface area contributed by atoms with E-state index in [1.165, 1.54) is 6.20 Å². The fraction of sp³-hybridized carbons (Fsp3) is 0.250. The number of pyridine rings is 1. The van der Waals surface area contributed by atoms with Crippen LogP contribution in [0.3, 0.4) is 0 Å². The first kappa shape index (κ1) is 14.1. The van der Waals surface area contributed by atoms with Gasteiger partial charge in [-0.1, -0.05) is 13.8 Å². The molecule has 1 heterocycles. The molecule has 0 fully saturated rings. The van der Waals surface area contributed by atoms with Crippen molar-refractivity contribution in [2.75, 3.05) is 7.11 Å². The van der Waals surface area contributed by atoms with Gasteiger partial charge in [0.25, 0.3) is 0 Å². The summed E-state index contributed by atoms with van der Waals surface area (Å²) in [6, 6.07) is 9.15. The zero-order valence-corrected chi connectivity index (χ0v) is 11.8. The van der Waals surface area contributed by atoms with Crippen molar-refractivity contribution in [2.45, 2.75) is 19.8 Å². The summed E-state index contributed by atoms with van der Waals surface area (Å²) in [5.74, 6) is 0.218. The van der Waals surface area contributed by atoms with Crippen LogP contribution in [0.15, 0.2) is 36.5 Å². The van der Waals surface area contributed by atoms with E-state index >= 15 is 0 Å². The second kappa shape index (κ2) is 5.74. The molecular weight excluding hydrogens is 254 g/mol. The summed E-state index contributed by atoms with van der Waals surface area (Å²) < 4.78 is 5.35. The molecule has 0 atom stereocenters. The Morgan fingerprint density at radius 3 is 2.50 bits per heavy atom. The molecule has 0 saturated carbocycles. The van der Waals surface area contributed by atoms with Crippen molar-refractivity contribution in [2.24, 2.45) is 0 Å². The minimum absolute atomic E-state index is 0.186. The number of benzene rings is 1. The van der Waals surface area contributed by atoms with Crippen molar-refractivity contribution in [3.05, 3.63) is 47.7 Å². The number of aromatic carboxylic acids is 1. The van der Waals surface area contributed by atoms with E-state index in [1.54, 1.807) is 19.2 Å². The lowest BCUT2D eigenvalue weighted by Gasteiger charge is -2.13. The molecule has 4 nitrogen and oxygen atoms in total. The zero-order valence-electron chi connectivity index (χ0n) is 11.8. The molecule has 20 heavy (non-hydrogen) atoms. The zero-order chi connectivity index (χ0) is 14.7. The average Bonchev–Trinajstić information content (AvgIpc) is 2.46. The lowest BCUT2D eigenvalue weighted by atomic mass is 9.98. The van der Waals surface area contributed by atoms with Gasteiger partial charge < -0.3 is 9.84 Å². The first-order valence-corrected chi connectivity index (χ1v) is 6.40. The second-order valence-electron chi connectivity index (χ2n) is 4.85. The van der Waals surface area contributed by atoms with Crippen molar-refractivity contribution in [1.82, 2.24) is 4.98 Å². The van der Waals surface area contributed by atoms with E-state index < -0.39 is 5.97 Å². The van der Waals surface area contributed by atoms with Crippen LogP contribution in [0.2, 0.25) is 0 Å². The van der Waals surface area contributed by atoms with Crippen molar-refractivity contribution in [3.63, 3.8) is 0 Å². The normalized spacial score (nSPS) is 10.6. The van der Waals surface area contributed by atoms with Crippen molar-refractivity contribution >= 4 is 5.97 Å². The Kier molecular flexibility index (Phi) is 4.03. The van der Waals surface area contributed by atoms with Gasteiger partial charge in [-0.2, -0.15) is 0 Å². The molecule has 104 valence electrons. The van der Waals surface area contributed by atoms with Crippen LogP contribution in [-0.4, -0.2) is 23.2 Å². The maximum atomic E-state index is 10.8. The summed E-state index contributed by atoms with van der Waals surface area (Å²) >= 11 is 0. The van der Waals surface area contributed by atoms with E-state index in [1.807, 2.05) is 18.2 Å². The molecule has 2 aromatic rings. The summed E-state index contributed by atoms with van der Waals surface area (Å²) in [5.41, 5.74) is 2.99. The summed E-state index contributed by atoms with van der Waals surface area (Å²) in [4.78, 5) is 15.0. The second-order valence-corrected chi connectivity index (χ2v) is 4.85. The summed E-state index contributed by atoms with van der Waals surface area (Å²) in [6.45, 7) is 4.20. The lowest BCUT2D eigenvalue weighted by Crippen LogP contribution is -1.98. The van der Waals surface area contributed by atoms with Gasteiger partial charge in [0.05, 0.1) is 18.4 Å². The van der Waals surface area contributed by atoms with Crippen LogP contribution < -0.4 is 4.74 Å². The molecule has 2 rings (SSSR count). The standard InChI is InChI=1S/C16H17NO3/c1-10(2)13-8-11(5-7-15(13)20-3)14-6-4-12(9-17-14)16(18)19/h4-10H,1-3H3,(H,18,19). The van der Waals surface area contributed by atoms with E-state index in [4.69, 9.17) is 9.84 Å². The third kappa shape index (κ3) is 2.79. The Labute approximate surface area is 118 Å². The van der Waals surface area contributed by atoms with E-state index in [-0.39, 0.29) is 5.56 Å². The van der Waals surface area contributed by atoms with Gasteiger partial charge in [-0.05, 0) is 41.8 Å². The van der Waals surface area contributed by atoms with Gasteiger partial charge in [0, 0.05) is 11.8 Å². The maximum Gasteiger partial charge on any atom is 0.337 e. The van der Waals surface area contributed by atoms with Gasteiger partial charge in [0.15, 0.2) is 0 Å². The summed E-state index contributed by atoms with van der Waals surface area (Å²) in [6.07, 6.45) is 1.37. The number of rotatable bonds is 4. The number of aromatic nitrogens is 1. The minimum atomic E-state index is -0.971. The fourth-order valence-electron chi connectivity index (χ4n) is 2.04. The van der Waals surface area contributed by atoms with Gasteiger partial charge in [-0.15, -0.1) is 0 Å². The van der Waals surface area contributed by atoms with E-state index in [9.17, 15) is 4.79 Å². The van der Waals surface area contributed by atoms with Crippen molar-refractivity contribution in [1.29, 1.82) is 0 Å². The van der Waals surface area contributed by atoms with Crippen LogP contribution in [0.25, 0.3) is 11.3 Å². The van der Waals surface area contributed by atoms with Crippen molar-refractivity contribution < 1.29 is 14.6 Å². The van der Waals surface area contributed by atoms with Crippen molar-refractivity contribution in [3.8, 4) is 17.0 Å². The molecule has 0 saturated heterocycles. The molecule has 0 amide bonds. The fourth-order valence-corrected chi connectivity index (χ4v) is 2.04. The SMILES string of the molecule is COc1ccc(-c2ccc(C(=O)O)cn2)cc1C(C)C. The smallest absolute Gasteiger partial charge is 0.337 e. The number of carboxylic acids is 1. The Balaban J connectivity index is 2.42. The quantitative estimate of drug-likeness (QED) is 0.923. The van der Waals surface area contributed by atoms with Crippen LogP contribution in [0.5, 0.6) is 5.75 Å². The Morgan fingerprint density at radius 1 is 1.25 bits per heavy atom. The first-order valence-electron chi connectivity index (χ1n) is 6.40. The van der Waals surface area contributed by atoms with Gasteiger partial charge in [-0.25, -0.2) is 4.79 Å². The number of carbonyl (C=O) groups is 1. The molecule has 1 aromatic carbocycles. The molecule has 0 aliphatic rings. The average molecular weight is 271 g/mol. The third-order valence-electron chi connectivity index (χ3n) is 3.16. The van der Waals surface area contributed by atoms with Gasteiger partial charge in [0.1, 0.15) is 5.75 Å². The number of ether oxygens (including phenoxy) is 1. The van der Waals surface area contributed by atoms with Crippen LogP contribution >= 0.6 is 0 Å². The topological polar surface area (TPSA) is 59.4 Å². The molecule has 0 unspecified atom stereocenters.